The topological polar surface area (TPSA) is 35.5 Å². The Bertz CT molecular complexity index is 624. The van der Waals surface area contributed by atoms with Crippen LogP contribution in [-0.2, 0) is 11.3 Å². The van der Waals surface area contributed by atoms with Gasteiger partial charge in [0, 0.05) is 17.2 Å². The average Bonchev–Trinajstić information content (AvgIpc) is 2.47. The monoisotopic (exact) mass is 324 g/mol. The molecule has 2 aromatic carbocycles. The minimum atomic E-state index is -0.153. The molecule has 0 aromatic heterocycles. The van der Waals surface area contributed by atoms with Crippen LogP contribution in [0.3, 0.4) is 0 Å². The predicted molar refractivity (Wildman–Crippen MR) is 83.4 cm³/mol. The summed E-state index contributed by atoms with van der Waals surface area (Å²) in [5.41, 5.74) is 1.40. The normalized spacial score (nSPS) is 10.4. The van der Waals surface area contributed by atoms with Gasteiger partial charge in [0.05, 0.1) is 5.56 Å². The smallest absolute Gasteiger partial charge is 0.192 e. The van der Waals surface area contributed by atoms with Crippen LogP contribution >= 0.6 is 23.2 Å². The standard InChI is InChI=1S/C16H14Cl2O3/c1-20-10-15(19)14-7-6-13(18)8-16(14)21-9-11-2-4-12(17)5-3-11/h2-8H,9-10H2,1H3. The van der Waals surface area contributed by atoms with Gasteiger partial charge in [0.2, 0.25) is 0 Å². The van der Waals surface area contributed by atoms with E-state index in [1.54, 1.807) is 30.3 Å². The Hall–Kier alpha value is -1.55. The van der Waals surface area contributed by atoms with E-state index >= 15 is 0 Å². The molecule has 0 radical (unpaired) electrons. The Balaban J connectivity index is 2.16. The number of Topliss-reactive ketones (excluding diaryl/α,β-unsaturated/α-hetero) is 1. The van der Waals surface area contributed by atoms with Gasteiger partial charge in [0.1, 0.15) is 19.0 Å². The highest BCUT2D eigenvalue weighted by Crippen LogP contribution is 2.25. The molecule has 0 heterocycles. The Morgan fingerprint density at radius 3 is 2.38 bits per heavy atom. The fourth-order valence-electron chi connectivity index (χ4n) is 1.80. The fraction of sp³-hybridized carbons (Fsp3) is 0.188. The summed E-state index contributed by atoms with van der Waals surface area (Å²) in [6.07, 6.45) is 0. The van der Waals surface area contributed by atoms with E-state index in [2.05, 4.69) is 0 Å². The van der Waals surface area contributed by atoms with Gasteiger partial charge in [0.25, 0.3) is 0 Å². The lowest BCUT2D eigenvalue weighted by molar-refractivity contribution is 0.0843. The predicted octanol–water partition coefficient (Wildman–Crippen LogP) is 4.40. The number of carbonyl (C=O) groups excluding carboxylic acids is 1. The zero-order valence-electron chi connectivity index (χ0n) is 11.4. The number of hydrogen-bond donors (Lipinski definition) is 0. The van der Waals surface area contributed by atoms with Crippen molar-refractivity contribution in [2.45, 2.75) is 6.61 Å². The van der Waals surface area contributed by atoms with Crippen LogP contribution in [0.15, 0.2) is 42.5 Å². The first-order valence-electron chi connectivity index (χ1n) is 6.29. The van der Waals surface area contributed by atoms with Crippen molar-refractivity contribution < 1.29 is 14.3 Å². The number of halogens is 2. The summed E-state index contributed by atoms with van der Waals surface area (Å²) >= 11 is 11.8. The number of rotatable bonds is 6. The molecule has 0 aliphatic rings. The van der Waals surface area contributed by atoms with Crippen molar-refractivity contribution in [3.05, 3.63) is 63.6 Å². The van der Waals surface area contributed by atoms with Crippen LogP contribution in [0.1, 0.15) is 15.9 Å². The zero-order chi connectivity index (χ0) is 15.2. The molecule has 110 valence electrons. The molecule has 0 atom stereocenters. The second-order valence-electron chi connectivity index (χ2n) is 4.41. The summed E-state index contributed by atoms with van der Waals surface area (Å²) in [7, 11) is 1.47. The van der Waals surface area contributed by atoms with Gasteiger partial charge >= 0.3 is 0 Å². The average molecular weight is 325 g/mol. The summed E-state index contributed by atoms with van der Waals surface area (Å²) < 4.78 is 10.6. The number of ether oxygens (including phenoxy) is 2. The fourth-order valence-corrected chi connectivity index (χ4v) is 2.08. The molecule has 0 spiro atoms. The molecule has 0 aliphatic carbocycles. The summed E-state index contributed by atoms with van der Waals surface area (Å²) in [6.45, 7) is 0.323. The third kappa shape index (κ3) is 4.46. The molecular formula is C16H14Cl2O3. The van der Waals surface area contributed by atoms with Crippen molar-refractivity contribution in [1.82, 2.24) is 0 Å². The molecule has 0 saturated heterocycles. The maximum absolute atomic E-state index is 12.0. The Morgan fingerprint density at radius 1 is 1.05 bits per heavy atom. The van der Waals surface area contributed by atoms with E-state index in [4.69, 9.17) is 32.7 Å². The van der Waals surface area contributed by atoms with Crippen molar-refractivity contribution >= 4 is 29.0 Å². The van der Waals surface area contributed by atoms with E-state index in [9.17, 15) is 4.79 Å². The lowest BCUT2D eigenvalue weighted by Crippen LogP contribution is -2.09. The molecule has 21 heavy (non-hydrogen) atoms. The van der Waals surface area contributed by atoms with Gasteiger partial charge < -0.3 is 9.47 Å². The van der Waals surface area contributed by atoms with E-state index in [0.717, 1.165) is 5.56 Å². The summed E-state index contributed by atoms with van der Waals surface area (Å²) in [5.74, 6) is 0.291. The summed E-state index contributed by atoms with van der Waals surface area (Å²) in [5, 5.41) is 1.17. The van der Waals surface area contributed by atoms with Crippen LogP contribution in [0.4, 0.5) is 0 Å². The SMILES string of the molecule is COCC(=O)c1ccc(Cl)cc1OCc1ccc(Cl)cc1. The highest BCUT2D eigenvalue weighted by Gasteiger charge is 2.13. The van der Waals surface area contributed by atoms with Crippen molar-refractivity contribution in [3.8, 4) is 5.75 Å². The number of benzene rings is 2. The first-order valence-corrected chi connectivity index (χ1v) is 7.04. The van der Waals surface area contributed by atoms with Crippen LogP contribution in [-0.4, -0.2) is 19.5 Å². The molecule has 0 N–H and O–H groups in total. The molecule has 2 aromatic rings. The molecule has 0 bridgehead atoms. The lowest BCUT2D eigenvalue weighted by atomic mass is 10.1. The molecule has 5 heteroatoms. The maximum Gasteiger partial charge on any atom is 0.192 e. The molecule has 0 aliphatic heterocycles. The van der Waals surface area contributed by atoms with Gasteiger partial charge in [-0.1, -0.05) is 35.3 Å². The first-order chi connectivity index (χ1) is 10.1. The van der Waals surface area contributed by atoms with E-state index in [0.29, 0.717) is 28.0 Å². The van der Waals surface area contributed by atoms with Crippen LogP contribution in [0.25, 0.3) is 0 Å². The number of hydrogen-bond acceptors (Lipinski definition) is 3. The summed E-state index contributed by atoms with van der Waals surface area (Å²) in [6, 6.07) is 12.2. The van der Waals surface area contributed by atoms with Crippen molar-refractivity contribution in [2.75, 3.05) is 13.7 Å². The molecule has 3 nitrogen and oxygen atoms in total. The first kappa shape index (κ1) is 15.8. The minimum Gasteiger partial charge on any atom is -0.488 e. The highest BCUT2D eigenvalue weighted by molar-refractivity contribution is 6.31. The second-order valence-corrected chi connectivity index (χ2v) is 5.28. The van der Waals surface area contributed by atoms with Gasteiger partial charge in [-0.05, 0) is 35.9 Å². The number of methoxy groups -OCH3 is 1. The van der Waals surface area contributed by atoms with Gasteiger partial charge in [0.15, 0.2) is 5.78 Å². The van der Waals surface area contributed by atoms with Gasteiger partial charge in [-0.2, -0.15) is 0 Å². The van der Waals surface area contributed by atoms with Crippen molar-refractivity contribution in [3.63, 3.8) is 0 Å². The Kier molecular flexibility index (Phi) is 5.62. The molecular weight excluding hydrogens is 311 g/mol. The van der Waals surface area contributed by atoms with Gasteiger partial charge in [-0.15, -0.1) is 0 Å². The highest BCUT2D eigenvalue weighted by atomic mass is 35.5. The minimum absolute atomic E-state index is 0.00105. The van der Waals surface area contributed by atoms with Crippen LogP contribution in [0.5, 0.6) is 5.75 Å². The molecule has 0 fully saturated rings. The largest absolute Gasteiger partial charge is 0.488 e. The van der Waals surface area contributed by atoms with E-state index in [1.165, 1.54) is 7.11 Å². The van der Waals surface area contributed by atoms with Crippen molar-refractivity contribution in [2.24, 2.45) is 0 Å². The zero-order valence-corrected chi connectivity index (χ0v) is 12.9. The Morgan fingerprint density at radius 2 is 1.71 bits per heavy atom. The summed E-state index contributed by atoms with van der Waals surface area (Å²) in [4.78, 5) is 12.0. The van der Waals surface area contributed by atoms with Crippen LogP contribution in [0.2, 0.25) is 10.0 Å². The molecule has 0 saturated carbocycles. The number of ketones is 1. The molecule has 0 amide bonds. The lowest BCUT2D eigenvalue weighted by Gasteiger charge is -2.11. The van der Waals surface area contributed by atoms with E-state index < -0.39 is 0 Å². The van der Waals surface area contributed by atoms with Crippen LogP contribution in [0, 0.1) is 0 Å². The number of carbonyl (C=O) groups is 1. The maximum atomic E-state index is 12.0. The van der Waals surface area contributed by atoms with E-state index in [1.807, 2.05) is 12.1 Å². The second kappa shape index (κ2) is 7.46. The van der Waals surface area contributed by atoms with E-state index in [-0.39, 0.29) is 12.4 Å². The van der Waals surface area contributed by atoms with Gasteiger partial charge in [-0.25, -0.2) is 0 Å². The third-order valence-electron chi connectivity index (χ3n) is 2.83. The quantitative estimate of drug-likeness (QED) is 0.739. The van der Waals surface area contributed by atoms with Gasteiger partial charge in [-0.3, -0.25) is 4.79 Å². The third-order valence-corrected chi connectivity index (χ3v) is 3.31. The molecule has 0 unspecified atom stereocenters. The Labute approximate surface area is 133 Å². The molecule has 2 rings (SSSR count). The van der Waals surface area contributed by atoms with Crippen LogP contribution < -0.4 is 4.74 Å². The van der Waals surface area contributed by atoms with Crippen molar-refractivity contribution in [1.29, 1.82) is 0 Å².